The third-order valence-electron chi connectivity index (χ3n) is 6.59. The van der Waals surface area contributed by atoms with Gasteiger partial charge in [0, 0.05) is 30.5 Å². The lowest BCUT2D eigenvalue weighted by Gasteiger charge is -2.29. The average molecular weight is 372 g/mol. The zero-order valence-electron chi connectivity index (χ0n) is 16.0. The lowest BCUT2D eigenvalue weighted by atomic mass is 9.73. The van der Waals surface area contributed by atoms with Crippen molar-refractivity contribution < 1.29 is 19.4 Å². The molecule has 4 rings (SSSR count). The first-order valence-corrected chi connectivity index (χ1v) is 9.88. The Morgan fingerprint density at radius 3 is 2.96 bits per heavy atom. The highest BCUT2D eigenvalue weighted by atomic mass is 16.5. The molecule has 6 nitrogen and oxygen atoms in total. The number of hydrogen-bond acceptors (Lipinski definition) is 4. The van der Waals surface area contributed by atoms with Crippen molar-refractivity contribution in [3.8, 4) is 0 Å². The summed E-state index contributed by atoms with van der Waals surface area (Å²) in [6.45, 7) is 5.50. The SMILES string of the molecule is CC(C)c1cccc(C(=O)NC[C@H]2[C@H]3CN(C(=O)CO)C[C@]34CC[C@H]2O4)c1. The Balaban J connectivity index is 1.42. The summed E-state index contributed by atoms with van der Waals surface area (Å²) in [5.74, 6) is 0.529. The van der Waals surface area contributed by atoms with Crippen LogP contribution < -0.4 is 5.32 Å². The summed E-state index contributed by atoms with van der Waals surface area (Å²) in [6, 6.07) is 7.77. The second kappa shape index (κ2) is 6.91. The molecule has 2 amide bonds. The summed E-state index contributed by atoms with van der Waals surface area (Å²) >= 11 is 0. The van der Waals surface area contributed by atoms with E-state index in [1.807, 2.05) is 24.3 Å². The number of likely N-dealkylation sites (tertiary alicyclic amines) is 1. The van der Waals surface area contributed by atoms with Crippen LogP contribution in [0.15, 0.2) is 24.3 Å². The summed E-state index contributed by atoms with van der Waals surface area (Å²) in [6.07, 6.45) is 2.09. The van der Waals surface area contributed by atoms with E-state index in [1.54, 1.807) is 4.90 Å². The van der Waals surface area contributed by atoms with Crippen molar-refractivity contribution in [2.24, 2.45) is 11.8 Å². The van der Waals surface area contributed by atoms with Gasteiger partial charge in [-0.15, -0.1) is 0 Å². The quantitative estimate of drug-likeness (QED) is 0.822. The number of carbonyl (C=O) groups is 2. The maximum Gasteiger partial charge on any atom is 0.251 e. The van der Waals surface area contributed by atoms with Gasteiger partial charge in [-0.1, -0.05) is 26.0 Å². The second-order valence-corrected chi connectivity index (χ2v) is 8.45. The normalized spacial score (nSPS) is 31.4. The topological polar surface area (TPSA) is 78.9 Å². The molecule has 0 unspecified atom stereocenters. The highest BCUT2D eigenvalue weighted by Crippen LogP contribution is 2.54. The predicted molar refractivity (Wildman–Crippen MR) is 100 cm³/mol. The summed E-state index contributed by atoms with van der Waals surface area (Å²) in [7, 11) is 0. The lowest BCUT2D eigenvalue weighted by molar-refractivity contribution is -0.134. The molecule has 6 heteroatoms. The molecule has 3 saturated heterocycles. The lowest BCUT2D eigenvalue weighted by Crippen LogP contribution is -2.41. The number of aliphatic hydroxyl groups is 1. The van der Waals surface area contributed by atoms with Crippen LogP contribution in [0.3, 0.4) is 0 Å². The minimum absolute atomic E-state index is 0.0596. The number of fused-ring (bicyclic) bond motifs is 1. The molecule has 1 aromatic carbocycles. The Morgan fingerprint density at radius 2 is 2.22 bits per heavy atom. The summed E-state index contributed by atoms with van der Waals surface area (Å²) in [4.78, 5) is 26.3. The Labute approximate surface area is 159 Å². The zero-order chi connectivity index (χ0) is 19.2. The third-order valence-corrected chi connectivity index (χ3v) is 6.59. The van der Waals surface area contributed by atoms with Crippen LogP contribution in [0.5, 0.6) is 0 Å². The molecule has 146 valence electrons. The molecule has 1 spiro atoms. The van der Waals surface area contributed by atoms with Crippen LogP contribution in [-0.4, -0.2) is 59.8 Å². The van der Waals surface area contributed by atoms with Crippen LogP contribution in [0.25, 0.3) is 0 Å². The third kappa shape index (κ3) is 3.15. The number of hydrogen-bond donors (Lipinski definition) is 2. The number of ether oxygens (including phenoxy) is 1. The molecule has 3 aliphatic heterocycles. The van der Waals surface area contributed by atoms with Crippen LogP contribution in [0.4, 0.5) is 0 Å². The second-order valence-electron chi connectivity index (χ2n) is 8.45. The van der Waals surface area contributed by atoms with Crippen molar-refractivity contribution in [1.29, 1.82) is 0 Å². The van der Waals surface area contributed by atoms with Crippen molar-refractivity contribution in [1.82, 2.24) is 10.2 Å². The minimum atomic E-state index is -0.459. The Morgan fingerprint density at radius 1 is 1.41 bits per heavy atom. The molecule has 0 aliphatic carbocycles. The molecule has 1 aromatic rings. The summed E-state index contributed by atoms with van der Waals surface area (Å²) < 4.78 is 6.28. The molecule has 0 aromatic heterocycles. The summed E-state index contributed by atoms with van der Waals surface area (Å²) in [5, 5.41) is 12.3. The maximum absolute atomic E-state index is 12.6. The number of carbonyl (C=O) groups excluding carboxylic acids is 2. The van der Waals surface area contributed by atoms with Crippen molar-refractivity contribution in [3.63, 3.8) is 0 Å². The van der Waals surface area contributed by atoms with Gasteiger partial charge in [0.1, 0.15) is 6.61 Å². The van der Waals surface area contributed by atoms with E-state index < -0.39 is 6.61 Å². The van der Waals surface area contributed by atoms with Gasteiger partial charge in [-0.3, -0.25) is 9.59 Å². The Kier molecular flexibility index (Phi) is 4.72. The average Bonchev–Trinajstić information content (AvgIpc) is 3.34. The highest BCUT2D eigenvalue weighted by molar-refractivity contribution is 5.94. The first-order chi connectivity index (χ1) is 12.9. The van der Waals surface area contributed by atoms with Gasteiger partial charge < -0.3 is 20.1 Å². The molecule has 0 saturated carbocycles. The van der Waals surface area contributed by atoms with Gasteiger partial charge in [-0.05, 0) is 36.5 Å². The molecule has 2 bridgehead atoms. The van der Waals surface area contributed by atoms with Gasteiger partial charge in [-0.25, -0.2) is 0 Å². The molecule has 3 heterocycles. The van der Waals surface area contributed by atoms with Gasteiger partial charge in [0.2, 0.25) is 5.91 Å². The van der Waals surface area contributed by atoms with Crippen LogP contribution in [0.1, 0.15) is 48.5 Å². The number of rotatable bonds is 5. The van der Waals surface area contributed by atoms with Crippen LogP contribution in [-0.2, 0) is 9.53 Å². The zero-order valence-corrected chi connectivity index (χ0v) is 16.0. The van der Waals surface area contributed by atoms with Crippen molar-refractivity contribution >= 4 is 11.8 Å². The molecule has 4 atom stereocenters. The number of benzene rings is 1. The van der Waals surface area contributed by atoms with E-state index in [0.29, 0.717) is 31.1 Å². The number of amides is 2. The van der Waals surface area contributed by atoms with Crippen molar-refractivity contribution in [2.45, 2.75) is 44.3 Å². The first-order valence-electron chi connectivity index (χ1n) is 9.88. The van der Waals surface area contributed by atoms with Gasteiger partial charge >= 0.3 is 0 Å². The molecule has 0 radical (unpaired) electrons. The number of aliphatic hydroxyl groups excluding tert-OH is 1. The van der Waals surface area contributed by atoms with Gasteiger partial charge in [0.05, 0.1) is 18.2 Å². The van der Waals surface area contributed by atoms with E-state index in [9.17, 15) is 9.59 Å². The van der Waals surface area contributed by atoms with Crippen molar-refractivity contribution in [3.05, 3.63) is 35.4 Å². The van der Waals surface area contributed by atoms with Crippen molar-refractivity contribution in [2.75, 3.05) is 26.2 Å². The fourth-order valence-corrected chi connectivity index (χ4v) is 5.11. The van der Waals surface area contributed by atoms with Crippen LogP contribution in [0, 0.1) is 11.8 Å². The minimum Gasteiger partial charge on any atom is -0.387 e. The number of nitrogens with zero attached hydrogens (tertiary/aromatic N) is 1. The molecular formula is C21H28N2O4. The number of nitrogens with one attached hydrogen (secondary N) is 1. The van der Waals surface area contributed by atoms with E-state index in [-0.39, 0.29) is 35.4 Å². The van der Waals surface area contributed by atoms with Gasteiger partial charge in [0.25, 0.3) is 5.91 Å². The fraction of sp³-hybridized carbons (Fsp3) is 0.619. The first kappa shape index (κ1) is 18.4. The molecular weight excluding hydrogens is 344 g/mol. The Bertz CT molecular complexity index is 749. The maximum atomic E-state index is 12.6. The molecule has 3 aliphatic rings. The van der Waals surface area contributed by atoms with Gasteiger partial charge in [0.15, 0.2) is 0 Å². The van der Waals surface area contributed by atoms with Crippen LogP contribution in [0.2, 0.25) is 0 Å². The standard InChI is InChI=1S/C21H28N2O4/c1-13(2)14-4-3-5-15(8-14)20(26)22-9-16-17-10-23(19(25)11-24)12-21(17)7-6-18(16)27-21/h3-5,8,13,16-18,24H,6-7,9-12H2,1-2H3,(H,22,26)/t16-,17+,18+,21+/m0/s1. The van der Waals surface area contributed by atoms with Crippen LogP contribution >= 0.6 is 0 Å². The van der Waals surface area contributed by atoms with E-state index in [2.05, 4.69) is 19.2 Å². The van der Waals surface area contributed by atoms with E-state index >= 15 is 0 Å². The van der Waals surface area contributed by atoms with E-state index in [0.717, 1.165) is 18.4 Å². The molecule has 3 fully saturated rings. The van der Waals surface area contributed by atoms with E-state index in [4.69, 9.17) is 9.84 Å². The summed E-state index contributed by atoms with van der Waals surface area (Å²) in [5.41, 5.74) is 1.56. The molecule has 2 N–H and O–H groups in total. The van der Waals surface area contributed by atoms with E-state index in [1.165, 1.54) is 0 Å². The highest BCUT2D eigenvalue weighted by Gasteiger charge is 2.63. The fourth-order valence-electron chi connectivity index (χ4n) is 5.11. The monoisotopic (exact) mass is 372 g/mol. The molecule has 27 heavy (non-hydrogen) atoms. The largest absolute Gasteiger partial charge is 0.387 e. The predicted octanol–water partition coefficient (Wildman–Crippen LogP) is 1.54. The smallest absolute Gasteiger partial charge is 0.251 e. The Hall–Kier alpha value is -1.92. The van der Waals surface area contributed by atoms with Gasteiger partial charge in [-0.2, -0.15) is 0 Å².